The third-order valence-electron chi connectivity index (χ3n) is 3.80. The number of nitrogens with zero attached hydrogens (tertiary/aromatic N) is 1. The van der Waals surface area contributed by atoms with E-state index in [9.17, 15) is 4.79 Å². The first-order valence-electron chi connectivity index (χ1n) is 6.81. The van der Waals surface area contributed by atoms with E-state index in [-0.39, 0.29) is 5.97 Å². The lowest BCUT2D eigenvalue weighted by molar-refractivity contribution is 0.0595. The van der Waals surface area contributed by atoms with Crippen molar-refractivity contribution in [3.63, 3.8) is 0 Å². The zero-order valence-corrected chi connectivity index (χ0v) is 11.4. The maximum atomic E-state index is 11.6. The van der Waals surface area contributed by atoms with Gasteiger partial charge in [-0.3, -0.25) is 4.90 Å². The number of esters is 1. The molecule has 0 aromatic carbocycles. The Labute approximate surface area is 113 Å². The summed E-state index contributed by atoms with van der Waals surface area (Å²) in [7, 11) is 1.39. The maximum absolute atomic E-state index is 11.6. The Morgan fingerprint density at radius 3 is 2.89 bits per heavy atom. The Kier molecular flexibility index (Phi) is 4.99. The molecule has 0 spiro atoms. The minimum absolute atomic E-state index is 0.332. The van der Waals surface area contributed by atoms with E-state index in [2.05, 4.69) is 4.90 Å². The van der Waals surface area contributed by atoms with Crippen LogP contribution in [0.25, 0.3) is 0 Å². The van der Waals surface area contributed by atoms with Crippen LogP contribution in [0.1, 0.15) is 35.4 Å². The van der Waals surface area contributed by atoms with Crippen LogP contribution in [-0.4, -0.2) is 37.6 Å². The van der Waals surface area contributed by atoms with Crippen molar-refractivity contribution >= 4 is 5.97 Å². The number of nitrogens with two attached hydrogens (primary N) is 1. The summed E-state index contributed by atoms with van der Waals surface area (Å²) < 4.78 is 10.1. The highest BCUT2D eigenvalue weighted by molar-refractivity contribution is 5.90. The molecule has 0 bridgehead atoms. The van der Waals surface area contributed by atoms with Crippen LogP contribution in [0.15, 0.2) is 16.7 Å². The van der Waals surface area contributed by atoms with Crippen LogP contribution < -0.4 is 5.73 Å². The van der Waals surface area contributed by atoms with Gasteiger partial charge in [0.15, 0.2) is 0 Å². The molecule has 2 heterocycles. The lowest BCUT2D eigenvalue weighted by atomic mass is 9.93. The number of carbonyl (C=O) groups excluding carboxylic acids is 1. The molecule has 0 atom stereocenters. The molecule has 1 aromatic heterocycles. The topological polar surface area (TPSA) is 68.7 Å². The smallest absolute Gasteiger partial charge is 0.341 e. The van der Waals surface area contributed by atoms with E-state index in [0.717, 1.165) is 32.0 Å². The zero-order chi connectivity index (χ0) is 13.7. The molecule has 2 rings (SSSR count). The third kappa shape index (κ3) is 3.58. The number of piperidine rings is 1. The van der Waals surface area contributed by atoms with Gasteiger partial charge in [-0.1, -0.05) is 0 Å². The second kappa shape index (κ2) is 6.73. The number of furan rings is 1. The van der Waals surface area contributed by atoms with Crippen molar-refractivity contribution in [1.82, 2.24) is 4.90 Å². The summed E-state index contributed by atoms with van der Waals surface area (Å²) in [4.78, 5) is 13.9. The Bertz CT molecular complexity index is 409. The van der Waals surface area contributed by atoms with Gasteiger partial charge in [0.05, 0.1) is 19.9 Å². The fourth-order valence-corrected chi connectivity index (χ4v) is 2.63. The molecule has 1 aliphatic rings. The highest BCUT2D eigenvalue weighted by atomic mass is 16.5. The standard InChI is InChI=1S/C14H22N2O3/c1-18-14(17)12-5-9-19-13(12)10-16-7-3-11(2-6-15)4-8-16/h5,9,11H,2-4,6-8,10,15H2,1H3. The number of carbonyl (C=O) groups is 1. The van der Waals surface area contributed by atoms with Crippen LogP contribution in [0.3, 0.4) is 0 Å². The van der Waals surface area contributed by atoms with Gasteiger partial charge in [0, 0.05) is 0 Å². The van der Waals surface area contributed by atoms with Gasteiger partial charge in [-0.2, -0.15) is 0 Å². The van der Waals surface area contributed by atoms with Crippen LogP contribution in [0.2, 0.25) is 0 Å². The van der Waals surface area contributed by atoms with Gasteiger partial charge in [0.25, 0.3) is 0 Å². The first-order chi connectivity index (χ1) is 9.24. The fourth-order valence-electron chi connectivity index (χ4n) is 2.63. The Balaban J connectivity index is 1.89. The molecular weight excluding hydrogens is 244 g/mol. The molecule has 106 valence electrons. The Morgan fingerprint density at radius 1 is 1.53 bits per heavy atom. The van der Waals surface area contributed by atoms with E-state index in [1.54, 1.807) is 12.3 Å². The first-order valence-corrected chi connectivity index (χ1v) is 6.81. The lowest BCUT2D eigenvalue weighted by Gasteiger charge is -2.31. The van der Waals surface area contributed by atoms with Gasteiger partial charge in [0.2, 0.25) is 0 Å². The molecule has 1 aliphatic heterocycles. The van der Waals surface area contributed by atoms with E-state index >= 15 is 0 Å². The molecule has 1 saturated heterocycles. The largest absolute Gasteiger partial charge is 0.467 e. The number of hydrogen-bond donors (Lipinski definition) is 1. The van der Waals surface area contributed by atoms with Crippen molar-refractivity contribution in [2.75, 3.05) is 26.7 Å². The van der Waals surface area contributed by atoms with Crippen LogP contribution in [0.4, 0.5) is 0 Å². The van der Waals surface area contributed by atoms with Crippen molar-refractivity contribution in [3.8, 4) is 0 Å². The van der Waals surface area contributed by atoms with Gasteiger partial charge in [-0.25, -0.2) is 4.79 Å². The van der Waals surface area contributed by atoms with Crippen molar-refractivity contribution in [3.05, 3.63) is 23.7 Å². The van der Waals surface area contributed by atoms with E-state index in [4.69, 9.17) is 14.9 Å². The van der Waals surface area contributed by atoms with Gasteiger partial charge in [-0.05, 0) is 50.9 Å². The van der Waals surface area contributed by atoms with E-state index in [1.807, 2.05) is 0 Å². The number of ether oxygens (including phenoxy) is 1. The van der Waals surface area contributed by atoms with Crippen molar-refractivity contribution < 1.29 is 13.9 Å². The minimum Gasteiger partial charge on any atom is -0.467 e. The van der Waals surface area contributed by atoms with Gasteiger partial charge < -0.3 is 14.9 Å². The normalized spacial score (nSPS) is 17.6. The summed E-state index contributed by atoms with van der Waals surface area (Å²) in [5, 5.41) is 0. The predicted octanol–water partition coefficient (Wildman–Crippen LogP) is 1.63. The van der Waals surface area contributed by atoms with Gasteiger partial charge >= 0.3 is 5.97 Å². The molecule has 5 heteroatoms. The summed E-state index contributed by atoms with van der Waals surface area (Å²) in [6.07, 6.45) is 5.00. The molecule has 0 saturated carbocycles. The van der Waals surface area contributed by atoms with Crippen LogP contribution >= 0.6 is 0 Å². The molecule has 0 amide bonds. The Hall–Kier alpha value is -1.33. The highest BCUT2D eigenvalue weighted by Crippen LogP contribution is 2.22. The number of likely N-dealkylation sites (tertiary alicyclic amines) is 1. The van der Waals surface area contributed by atoms with Gasteiger partial charge in [0.1, 0.15) is 11.3 Å². The molecule has 2 N–H and O–H groups in total. The Morgan fingerprint density at radius 2 is 2.26 bits per heavy atom. The van der Waals surface area contributed by atoms with Crippen LogP contribution in [0, 0.1) is 5.92 Å². The molecule has 19 heavy (non-hydrogen) atoms. The summed E-state index contributed by atoms with van der Waals surface area (Å²) in [5.74, 6) is 1.11. The number of rotatable bonds is 5. The third-order valence-corrected chi connectivity index (χ3v) is 3.80. The quantitative estimate of drug-likeness (QED) is 0.820. The maximum Gasteiger partial charge on any atom is 0.341 e. The molecule has 5 nitrogen and oxygen atoms in total. The molecule has 0 aliphatic carbocycles. The summed E-state index contributed by atoms with van der Waals surface area (Å²) in [5.41, 5.74) is 6.13. The average Bonchev–Trinajstić information content (AvgIpc) is 2.88. The molecule has 1 fully saturated rings. The molecular formula is C14H22N2O3. The van der Waals surface area contributed by atoms with Crippen LogP contribution in [0.5, 0.6) is 0 Å². The van der Waals surface area contributed by atoms with Crippen molar-refractivity contribution in [2.45, 2.75) is 25.8 Å². The SMILES string of the molecule is COC(=O)c1ccoc1CN1CCC(CCN)CC1. The summed E-state index contributed by atoms with van der Waals surface area (Å²) in [6, 6.07) is 1.67. The average molecular weight is 266 g/mol. The monoisotopic (exact) mass is 266 g/mol. The van der Waals surface area contributed by atoms with E-state index < -0.39 is 0 Å². The second-order valence-electron chi connectivity index (χ2n) is 5.05. The predicted molar refractivity (Wildman–Crippen MR) is 71.7 cm³/mol. The fraction of sp³-hybridized carbons (Fsp3) is 0.643. The lowest BCUT2D eigenvalue weighted by Crippen LogP contribution is -2.34. The van der Waals surface area contributed by atoms with Crippen molar-refractivity contribution in [1.29, 1.82) is 0 Å². The second-order valence-corrected chi connectivity index (χ2v) is 5.05. The summed E-state index contributed by atoms with van der Waals surface area (Å²) in [6.45, 7) is 3.51. The van der Waals surface area contributed by atoms with Crippen LogP contribution in [-0.2, 0) is 11.3 Å². The van der Waals surface area contributed by atoms with Crippen molar-refractivity contribution in [2.24, 2.45) is 11.7 Å². The first kappa shape index (κ1) is 14.1. The van der Waals surface area contributed by atoms with E-state index in [0.29, 0.717) is 17.9 Å². The zero-order valence-electron chi connectivity index (χ0n) is 11.4. The van der Waals surface area contributed by atoms with E-state index in [1.165, 1.54) is 20.0 Å². The number of methoxy groups -OCH3 is 1. The minimum atomic E-state index is -0.332. The molecule has 0 unspecified atom stereocenters. The molecule has 1 aromatic rings. The summed E-state index contributed by atoms with van der Waals surface area (Å²) >= 11 is 0. The molecule has 0 radical (unpaired) electrons. The number of hydrogen-bond acceptors (Lipinski definition) is 5. The highest BCUT2D eigenvalue weighted by Gasteiger charge is 2.22. The van der Waals surface area contributed by atoms with Gasteiger partial charge in [-0.15, -0.1) is 0 Å².